The quantitative estimate of drug-likeness (QED) is 0.179. The van der Waals surface area contributed by atoms with E-state index in [1.807, 2.05) is 24.3 Å². The fraction of sp³-hybridized carbons (Fsp3) is 0. The summed E-state index contributed by atoms with van der Waals surface area (Å²) in [6.45, 7) is 0. The van der Waals surface area contributed by atoms with Crippen LogP contribution in [0.15, 0.2) is 121 Å². The number of phenolic OH excluding ortho intramolecular Hbond substituents is 4. The summed E-state index contributed by atoms with van der Waals surface area (Å²) in [5.41, 5.74) is 7.86. The topological polar surface area (TPSA) is 90.8 Å². The molecule has 0 unspecified atom stereocenters. The number of rotatable bonds is 3. The van der Waals surface area contributed by atoms with Gasteiger partial charge in [0, 0.05) is 32.9 Å². The summed E-state index contributed by atoms with van der Waals surface area (Å²) < 4.78 is 4.27. The lowest BCUT2D eigenvalue weighted by Crippen LogP contribution is -1.94. The minimum absolute atomic E-state index is 0.181. The summed E-state index contributed by atoms with van der Waals surface area (Å²) in [7, 11) is 0. The van der Waals surface area contributed by atoms with E-state index < -0.39 is 0 Å². The number of hydrogen-bond acceptors (Lipinski definition) is 4. The molecule has 0 amide bonds. The van der Waals surface area contributed by atoms with Crippen LogP contribution in [0.5, 0.6) is 23.0 Å². The minimum Gasteiger partial charge on any atom is -0.508 e. The molecule has 0 aliphatic heterocycles. The van der Waals surface area contributed by atoms with E-state index in [1.54, 1.807) is 48.5 Å². The first-order valence-corrected chi connectivity index (χ1v) is 13.6. The molecule has 0 atom stereocenters. The van der Waals surface area contributed by atoms with Crippen molar-refractivity contribution in [3.8, 4) is 45.5 Å². The van der Waals surface area contributed by atoms with Gasteiger partial charge in [0.1, 0.15) is 23.0 Å². The molecule has 0 fully saturated rings. The third kappa shape index (κ3) is 3.59. The monoisotopic (exact) mass is 548 g/mol. The molecule has 8 rings (SSSR count). The number of fused-ring (bicyclic) bond motifs is 6. The molecule has 2 aromatic heterocycles. The van der Waals surface area contributed by atoms with Crippen LogP contribution in [-0.2, 0) is 0 Å². The van der Waals surface area contributed by atoms with Crippen molar-refractivity contribution in [2.24, 2.45) is 0 Å². The van der Waals surface area contributed by atoms with Crippen molar-refractivity contribution in [1.82, 2.24) is 9.13 Å². The maximum absolute atomic E-state index is 10.1. The molecule has 0 aliphatic carbocycles. The average Bonchev–Trinajstić information content (AvgIpc) is 3.48. The zero-order chi connectivity index (χ0) is 28.5. The van der Waals surface area contributed by atoms with E-state index in [0.717, 1.165) is 66.1 Å². The molecule has 42 heavy (non-hydrogen) atoms. The van der Waals surface area contributed by atoms with Gasteiger partial charge in [0.2, 0.25) is 0 Å². The molecule has 6 nitrogen and oxygen atoms in total. The van der Waals surface area contributed by atoms with Crippen LogP contribution < -0.4 is 0 Å². The Kier molecular flexibility index (Phi) is 5.03. The Morgan fingerprint density at radius 3 is 0.833 bits per heavy atom. The van der Waals surface area contributed by atoms with E-state index in [-0.39, 0.29) is 23.0 Å². The maximum Gasteiger partial charge on any atom is 0.116 e. The number of aromatic hydroxyl groups is 4. The molecule has 202 valence electrons. The molecular formula is C36H24N2O4. The van der Waals surface area contributed by atoms with Crippen molar-refractivity contribution in [3.05, 3.63) is 121 Å². The lowest BCUT2D eigenvalue weighted by molar-refractivity contribution is 0.475. The SMILES string of the molecule is Oc1ccc2c(c1)c1cc(O)ccc1n2-c1ccc(-c2ccc(-n3c4ccc(O)cc4c4cc(O)ccc43)cc2)cc1. The van der Waals surface area contributed by atoms with E-state index in [4.69, 9.17) is 0 Å². The van der Waals surface area contributed by atoms with Crippen molar-refractivity contribution in [3.63, 3.8) is 0 Å². The second-order valence-corrected chi connectivity index (χ2v) is 10.6. The van der Waals surface area contributed by atoms with Gasteiger partial charge in [-0.1, -0.05) is 24.3 Å². The van der Waals surface area contributed by atoms with Gasteiger partial charge in [-0.3, -0.25) is 0 Å². The second kappa shape index (κ2) is 8.81. The van der Waals surface area contributed by atoms with Gasteiger partial charge < -0.3 is 29.6 Å². The predicted molar refractivity (Wildman–Crippen MR) is 167 cm³/mol. The Bertz CT molecular complexity index is 2040. The predicted octanol–water partition coefficient (Wildman–Crippen LogP) is 8.37. The van der Waals surface area contributed by atoms with Crippen LogP contribution in [0.3, 0.4) is 0 Å². The first-order valence-electron chi connectivity index (χ1n) is 13.6. The van der Waals surface area contributed by atoms with Gasteiger partial charge in [-0.15, -0.1) is 0 Å². The lowest BCUT2D eigenvalue weighted by Gasteiger charge is -2.11. The van der Waals surface area contributed by atoms with Crippen molar-refractivity contribution >= 4 is 43.6 Å². The number of aromatic nitrogens is 2. The Morgan fingerprint density at radius 2 is 0.571 bits per heavy atom. The van der Waals surface area contributed by atoms with Gasteiger partial charge in [-0.05, 0) is 108 Å². The van der Waals surface area contributed by atoms with Crippen molar-refractivity contribution in [1.29, 1.82) is 0 Å². The highest BCUT2D eigenvalue weighted by Gasteiger charge is 2.15. The molecule has 0 spiro atoms. The number of benzene rings is 6. The number of hydrogen-bond donors (Lipinski definition) is 4. The third-order valence-electron chi connectivity index (χ3n) is 8.05. The highest BCUT2D eigenvalue weighted by molar-refractivity contribution is 6.11. The van der Waals surface area contributed by atoms with Gasteiger partial charge in [-0.25, -0.2) is 0 Å². The molecule has 0 saturated heterocycles. The van der Waals surface area contributed by atoms with Crippen LogP contribution >= 0.6 is 0 Å². The van der Waals surface area contributed by atoms with Crippen LogP contribution in [0.25, 0.3) is 66.1 Å². The first kappa shape index (κ1) is 24.0. The Balaban J connectivity index is 1.20. The Morgan fingerprint density at radius 1 is 0.310 bits per heavy atom. The average molecular weight is 549 g/mol. The highest BCUT2D eigenvalue weighted by atomic mass is 16.3. The summed E-state index contributed by atoms with van der Waals surface area (Å²) in [5.74, 6) is 0.726. The molecule has 0 aliphatic rings. The van der Waals surface area contributed by atoms with E-state index in [1.165, 1.54) is 0 Å². The summed E-state index contributed by atoms with van der Waals surface area (Å²) in [6.07, 6.45) is 0. The highest BCUT2D eigenvalue weighted by Crippen LogP contribution is 2.38. The van der Waals surface area contributed by atoms with Crippen LogP contribution in [0, 0.1) is 0 Å². The summed E-state index contributed by atoms with van der Waals surface area (Å²) in [4.78, 5) is 0. The molecule has 0 radical (unpaired) electrons. The van der Waals surface area contributed by atoms with E-state index in [0.29, 0.717) is 0 Å². The molecule has 0 bridgehead atoms. The van der Waals surface area contributed by atoms with E-state index in [2.05, 4.69) is 57.7 Å². The fourth-order valence-electron chi connectivity index (χ4n) is 6.16. The number of phenols is 4. The van der Waals surface area contributed by atoms with Crippen LogP contribution in [-0.4, -0.2) is 29.6 Å². The largest absolute Gasteiger partial charge is 0.508 e. The first-order chi connectivity index (χ1) is 20.4. The molecule has 2 heterocycles. The molecule has 6 aromatic carbocycles. The minimum atomic E-state index is 0.181. The summed E-state index contributed by atoms with van der Waals surface area (Å²) in [6, 6.07) is 37.9. The van der Waals surface area contributed by atoms with Crippen LogP contribution in [0.2, 0.25) is 0 Å². The number of nitrogens with zero attached hydrogens (tertiary/aromatic N) is 2. The molecule has 6 heteroatoms. The third-order valence-corrected chi connectivity index (χ3v) is 8.05. The van der Waals surface area contributed by atoms with Gasteiger partial charge in [0.25, 0.3) is 0 Å². The maximum atomic E-state index is 10.1. The summed E-state index contributed by atoms with van der Waals surface area (Å²) >= 11 is 0. The van der Waals surface area contributed by atoms with Crippen LogP contribution in [0.1, 0.15) is 0 Å². The lowest BCUT2D eigenvalue weighted by atomic mass is 10.0. The zero-order valence-electron chi connectivity index (χ0n) is 22.2. The van der Waals surface area contributed by atoms with Gasteiger partial charge >= 0.3 is 0 Å². The normalized spacial score (nSPS) is 11.7. The Hall–Kier alpha value is -5.88. The van der Waals surface area contributed by atoms with E-state index in [9.17, 15) is 20.4 Å². The molecular weight excluding hydrogens is 524 g/mol. The van der Waals surface area contributed by atoms with Crippen molar-refractivity contribution in [2.75, 3.05) is 0 Å². The standard InChI is InChI=1S/C36H24N2O4/c39-25-9-13-33-29(17-25)30-18-26(40)10-14-34(30)37(33)23-5-1-21(2-6-23)22-3-7-24(8-4-22)38-35-15-11-27(41)19-31(35)32-20-28(42)12-16-36(32)38/h1-20,39-42H. The smallest absolute Gasteiger partial charge is 0.116 e. The van der Waals surface area contributed by atoms with Gasteiger partial charge in [0.15, 0.2) is 0 Å². The van der Waals surface area contributed by atoms with Gasteiger partial charge in [-0.2, -0.15) is 0 Å². The van der Waals surface area contributed by atoms with Crippen LogP contribution in [0.4, 0.5) is 0 Å². The molecule has 8 aromatic rings. The zero-order valence-corrected chi connectivity index (χ0v) is 22.2. The van der Waals surface area contributed by atoms with Crippen molar-refractivity contribution in [2.45, 2.75) is 0 Å². The summed E-state index contributed by atoms with van der Waals surface area (Å²) in [5, 5.41) is 43.9. The van der Waals surface area contributed by atoms with Gasteiger partial charge in [0.05, 0.1) is 22.1 Å². The van der Waals surface area contributed by atoms with E-state index >= 15 is 0 Å². The molecule has 0 saturated carbocycles. The fourth-order valence-corrected chi connectivity index (χ4v) is 6.16. The van der Waals surface area contributed by atoms with Crippen molar-refractivity contribution < 1.29 is 20.4 Å². The second-order valence-electron chi connectivity index (χ2n) is 10.6. The molecule has 4 N–H and O–H groups in total. The Labute approximate surface area is 239 Å².